The van der Waals surface area contributed by atoms with Crippen LogP contribution in [-0.4, -0.2) is 35.8 Å². The highest BCUT2D eigenvalue weighted by atomic mass is 19.4. The molecule has 0 radical (unpaired) electrons. The number of hydrogen-bond acceptors (Lipinski definition) is 3. The zero-order valence-corrected chi connectivity index (χ0v) is 15.6. The molecule has 0 atom stereocenters. The number of hydrogen-bond donors (Lipinski definition) is 0. The Morgan fingerprint density at radius 1 is 1.06 bits per heavy atom. The van der Waals surface area contributed by atoms with Crippen molar-refractivity contribution in [3.05, 3.63) is 40.3 Å². The molecule has 1 aliphatic carbocycles. The van der Waals surface area contributed by atoms with E-state index in [4.69, 9.17) is 0 Å². The first-order chi connectivity index (χ1) is 14.2. The average molecular weight is 455 g/mol. The van der Waals surface area contributed by atoms with Gasteiger partial charge in [0.2, 0.25) is 5.78 Å². The molecular weight excluding hydrogens is 442 g/mol. The van der Waals surface area contributed by atoms with E-state index in [-0.39, 0.29) is 16.4 Å². The minimum absolute atomic E-state index is 0.0798. The van der Waals surface area contributed by atoms with Gasteiger partial charge in [-0.25, -0.2) is 4.98 Å². The van der Waals surface area contributed by atoms with E-state index in [1.54, 1.807) is 0 Å². The molecule has 0 amide bonds. The van der Waals surface area contributed by atoms with Crippen molar-refractivity contribution in [1.29, 1.82) is 0 Å². The zero-order valence-electron chi connectivity index (χ0n) is 15.6. The van der Waals surface area contributed by atoms with Gasteiger partial charge in [-0.1, -0.05) is 0 Å². The van der Waals surface area contributed by atoms with Gasteiger partial charge in [-0.15, -0.1) is 0 Å². The fourth-order valence-corrected chi connectivity index (χ4v) is 3.31. The van der Waals surface area contributed by atoms with Crippen LogP contribution in [0.25, 0.3) is 16.9 Å². The number of alkyl halides is 8. The number of halogens is 8. The predicted molar refractivity (Wildman–Crippen MR) is 89.6 cm³/mol. The Morgan fingerprint density at radius 3 is 2.26 bits per heavy atom. The molecule has 3 heterocycles. The van der Waals surface area contributed by atoms with Gasteiger partial charge in [0.25, 0.3) is 5.56 Å². The van der Waals surface area contributed by atoms with Gasteiger partial charge in [0.05, 0.1) is 11.8 Å². The third-order valence-corrected chi connectivity index (χ3v) is 5.01. The molecule has 168 valence electrons. The van der Waals surface area contributed by atoms with Crippen molar-refractivity contribution >= 4 is 5.78 Å². The first kappa shape index (κ1) is 21.3. The summed E-state index contributed by atoms with van der Waals surface area (Å²) in [6.45, 7) is -1.95. The largest absolute Gasteiger partial charge is 0.455 e. The summed E-state index contributed by atoms with van der Waals surface area (Å²) in [5.74, 6) is -5.35. The summed E-state index contributed by atoms with van der Waals surface area (Å²) in [5, 5.41) is 3.28. The molecule has 0 N–H and O–H groups in total. The normalized spacial score (nSPS) is 15.8. The molecule has 3 aromatic heterocycles. The summed E-state index contributed by atoms with van der Waals surface area (Å²) < 4.78 is 107. The number of fused-ring (bicyclic) bond motifs is 1. The van der Waals surface area contributed by atoms with E-state index in [2.05, 4.69) is 10.1 Å². The molecule has 1 saturated carbocycles. The fraction of sp³-hybridized carbons (Fsp3) is 0.471. The van der Waals surface area contributed by atoms with Gasteiger partial charge in [0.1, 0.15) is 6.54 Å². The highest BCUT2D eigenvalue weighted by molar-refractivity contribution is 5.66. The van der Waals surface area contributed by atoms with Gasteiger partial charge in [-0.2, -0.15) is 40.2 Å². The van der Waals surface area contributed by atoms with Gasteiger partial charge in [-0.3, -0.25) is 13.9 Å². The van der Waals surface area contributed by atoms with E-state index in [0.29, 0.717) is 18.1 Å². The molecule has 0 spiro atoms. The summed E-state index contributed by atoms with van der Waals surface area (Å²) >= 11 is 0. The van der Waals surface area contributed by atoms with Crippen molar-refractivity contribution in [3.8, 4) is 11.1 Å². The Kier molecular flexibility index (Phi) is 4.49. The Morgan fingerprint density at radius 2 is 1.71 bits per heavy atom. The number of aryl methyl sites for hydroxylation is 1. The van der Waals surface area contributed by atoms with Crippen molar-refractivity contribution in [2.75, 3.05) is 0 Å². The van der Waals surface area contributed by atoms with Crippen LogP contribution in [0.15, 0.2) is 23.4 Å². The maximum atomic E-state index is 13.7. The lowest BCUT2D eigenvalue weighted by molar-refractivity contribution is -0.287. The lowest BCUT2D eigenvalue weighted by Gasteiger charge is -2.19. The van der Waals surface area contributed by atoms with E-state index in [9.17, 15) is 39.9 Å². The molecule has 0 bridgehead atoms. The van der Waals surface area contributed by atoms with Gasteiger partial charge in [-0.05, 0) is 12.8 Å². The Bertz CT molecular complexity index is 1210. The molecule has 4 rings (SSSR count). The highest BCUT2D eigenvalue weighted by Gasteiger charge is 2.57. The molecule has 14 heteroatoms. The van der Waals surface area contributed by atoms with Crippen molar-refractivity contribution in [3.63, 3.8) is 0 Å². The second-order valence-electron chi connectivity index (χ2n) is 7.32. The zero-order chi connectivity index (χ0) is 22.9. The van der Waals surface area contributed by atoms with Crippen molar-refractivity contribution in [1.82, 2.24) is 23.7 Å². The maximum absolute atomic E-state index is 13.7. The van der Waals surface area contributed by atoms with Crippen LogP contribution in [0.4, 0.5) is 35.1 Å². The van der Waals surface area contributed by atoms with E-state index in [1.165, 1.54) is 17.8 Å². The maximum Gasteiger partial charge on any atom is 0.455 e. The van der Waals surface area contributed by atoms with Crippen LogP contribution in [0.3, 0.4) is 0 Å². The average Bonchev–Trinajstić information content (AvgIpc) is 3.28. The molecule has 3 aromatic rings. The van der Waals surface area contributed by atoms with Crippen LogP contribution in [0.1, 0.15) is 30.1 Å². The van der Waals surface area contributed by atoms with Crippen molar-refractivity contribution < 1.29 is 35.1 Å². The Labute approximate surface area is 167 Å². The molecule has 0 aliphatic heterocycles. The van der Waals surface area contributed by atoms with Gasteiger partial charge >= 0.3 is 18.3 Å². The third kappa shape index (κ3) is 3.57. The van der Waals surface area contributed by atoms with Crippen molar-refractivity contribution in [2.45, 2.75) is 43.6 Å². The van der Waals surface area contributed by atoms with E-state index >= 15 is 0 Å². The number of rotatable bonds is 4. The summed E-state index contributed by atoms with van der Waals surface area (Å²) in [5.41, 5.74) is -3.67. The highest BCUT2D eigenvalue weighted by Crippen LogP contribution is 2.41. The predicted octanol–water partition coefficient (Wildman–Crippen LogP) is 3.99. The third-order valence-electron chi connectivity index (χ3n) is 5.01. The van der Waals surface area contributed by atoms with Crippen molar-refractivity contribution in [2.24, 2.45) is 7.05 Å². The smallest absolute Gasteiger partial charge is 0.317 e. The summed E-state index contributed by atoms with van der Waals surface area (Å²) in [6, 6.07) is 0. The topological polar surface area (TPSA) is 57.1 Å². The summed E-state index contributed by atoms with van der Waals surface area (Å²) in [7, 11) is 1.46. The lowest BCUT2D eigenvalue weighted by Crippen LogP contribution is -2.40. The van der Waals surface area contributed by atoms with Crippen LogP contribution in [0, 0.1) is 0 Å². The minimum atomic E-state index is -5.88. The van der Waals surface area contributed by atoms with Gasteiger partial charge < -0.3 is 4.57 Å². The Balaban J connectivity index is 1.87. The molecular formula is C17H13F8N5O. The minimum Gasteiger partial charge on any atom is -0.317 e. The second kappa shape index (κ2) is 6.53. The quantitative estimate of drug-likeness (QED) is 0.560. The summed E-state index contributed by atoms with van der Waals surface area (Å²) in [6.07, 6.45) is -6.85. The molecule has 31 heavy (non-hydrogen) atoms. The molecule has 1 aliphatic rings. The van der Waals surface area contributed by atoms with E-state index in [1.807, 2.05) is 0 Å². The van der Waals surface area contributed by atoms with Crippen LogP contribution in [0.5, 0.6) is 0 Å². The first-order valence-corrected chi connectivity index (χ1v) is 8.87. The molecule has 0 saturated heterocycles. The van der Waals surface area contributed by atoms with Gasteiger partial charge in [0, 0.05) is 36.6 Å². The first-order valence-electron chi connectivity index (χ1n) is 8.87. The monoisotopic (exact) mass is 455 g/mol. The Hall–Kier alpha value is -2.93. The number of imidazole rings is 1. The van der Waals surface area contributed by atoms with Crippen LogP contribution < -0.4 is 5.56 Å². The van der Waals surface area contributed by atoms with E-state index < -0.39 is 47.2 Å². The fourth-order valence-electron chi connectivity index (χ4n) is 3.31. The SMILES string of the molecule is Cn1c(C2CC2)cn2c(=O)c(-c3cnn(CC(F)(F)C(F)(F)F)c3)c(C(F)(F)F)nc12. The van der Waals surface area contributed by atoms with Gasteiger partial charge in [0.15, 0.2) is 5.69 Å². The summed E-state index contributed by atoms with van der Waals surface area (Å²) in [4.78, 5) is 16.5. The van der Waals surface area contributed by atoms with Crippen LogP contribution in [0.2, 0.25) is 0 Å². The van der Waals surface area contributed by atoms with E-state index in [0.717, 1.165) is 17.2 Å². The second-order valence-corrected chi connectivity index (χ2v) is 7.32. The lowest BCUT2D eigenvalue weighted by atomic mass is 10.1. The standard InChI is InChI=1S/C17H13F8N5O/c1-28-10(8-2-3-8)6-30-13(31)11(12(16(20,21)22)27-14(28)30)9-4-26-29(5-9)7-15(18,19)17(23,24)25/h4-6,8H,2-3,7H2,1H3. The molecule has 6 nitrogen and oxygen atoms in total. The molecule has 1 fully saturated rings. The molecule has 0 unspecified atom stereocenters. The molecule has 0 aromatic carbocycles. The van der Waals surface area contributed by atoms with Crippen LogP contribution >= 0.6 is 0 Å². The number of aromatic nitrogens is 5. The van der Waals surface area contributed by atoms with Crippen LogP contribution in [-0.2, 0) is 19.8 Å². The number of nitrogens with zero attached hydrogens (tertiary/aromatic N) is 5.